The number of phosphoric acid groups is 1. The third kappa shape index (κ3) is 12.3. The van der Waals surface area contributed by atoms with Crippen molar-refractivity contribution >= 4 is 13.6 Å². The molecule has 0 saturated heterocycles. The zero-order chi connectivity index (χ0) is 8.91. The molecule has 0 radical (unpaired) electrons. The van der Waals surface area contributed by atoms with Crippen LogP contribution in [0.3, 0.4) is 0 Å². The van der Waals surface area contributed by atoms with E-state index in [4.69, 9.17) is 25.0 Å². The van der Waals surface area contributed by atoms with Gasteiger partial charge in [0.05, 0.1) is 6.20 Å². The van der Waals surface area contributed by atoms with Crippen molar-refractivity contribution in [1.82, 2.24) is 10.2 Å². The summed E-state index contributed by atoms with van der Waals surface area (Å²) in [6.45, 7) is 0. The van der Waals surface area contributed by atoms with E-state index in [0.29, 0.717) is 5.82 Å². The van der Waals surface area contributed by atoms with Crippen molar-refractivity contribution in [3.63, 3.8) is 0 Å². The predicted molar refractivity (Wildman–Crippen MR) is 37.3 cm³/mol. The highest BCUT2D eigenvalue weighted by atomic mass is 31.2. The van der Waals surface area contributed by atoms with Crippen LogP contribution in [0.5, 0.6) is 0 Å². The number of hydrogen-bond donors (Lipinski definition) is 5. The molecule has 6 N–H and O–H groups in total. The van der Waals surface area contributed by atoms with E-state index in [2.05, 4.69) is 10.2 Å². The van der Waals surface area contributed by atoms with Gasteiger partial charge >= 0.3 is 7.82 Å². The van der Waals surface area contributed by atoms with Crippen LogP contribution >= 0.6 is 7.82 Å². The number of nitrogen functional groups attached to an aromatic ring is 1. The van der Waals surface area contributed by atoms with Crippen LogP contribution in [0.1, 0.15) is 0 Å². The molecule has 7 nitrogen and oxygen atoms in total. The Labute approximate surface area is 62.1 Å². The minimum Gasteiger partial charge on any atom is -0.384 e. The average molecular weight is 181 g/mol. The Bertz CT molecular complexity index is 220. The summed E-state index contributed by atoms with van der Waals surface area (Å²) in [5.74, 6) is 0.606. The molecule has 0 aliphatic carbocycles. The van der Waals surface area contributed by atoms with Gasteiger partial charge in [-0.25, -0.2) is 4.57 Å². The molecule has 0 aliphatic heterocycles. The summed E-state index contributed by atoms with van der Waals surface area (Å²) in [6.07, 6.45) is 1.61. The Kier molecular flexibility index (Phi) is 3.77. The molecule has 0 amide bonds. The van der Waals surface area contributed by atoms with Crippen molar-refractivity contribution in [2.75, 3.05) is 5.73 Å². The molecule has 0 atom stereocenters. The molecular weight excluding hydrogens is 173 g/mol. The zero-order valence-corrected chi connectivity index (χ0v) is 6.27. The van der Waals surface area contributed by atoms with Crippen LogP contribution in [-0.4, -0.2) is 24.9 Å². The molecule has 0 fully saturated rings. The Hall–Kier alpha value is -0.880. The summed E-state index contributed by atoms with van der Waals surface area (Å²) in [5, 5.41) is 6.10. The van der Waals surface area contributed by atoms with E-state index >= 15 is 0 Å². The maximum absolute atomic E-state index is 8.88. The van der Waals surface area contributed by atoms with E-state index in [1.807, 2.05) is 0 Å². The topological polar surface area (TPSA) is 132 Å². The molecule has 11 heavy (non-hydrogen) atoms. The molecule has 0 aliphatic rings. The Morgan fingerprint density at radius 3 is 2.09 bits per heavy atom. The van der Waals surface area contributed by atoms with Gasteiger partial charge in [0.15, 0.2) is 0 Å². The van der Waals surface area contributed by atoms with Gasteiger partial charge in [-0.05, 0) is 6.07 Å². The van der Waals surface area contributed by atoms with Crippen LogP contribution in [0.2, 0.25) is 0 Å². The van der Waals surface area contributed by atoms with E-state index in [1.165, 1.54) is 0 Å². The molecule has 0 saturated carbocycles. The maximum Gasteiger partial charge on any atom is 0.466 e. The lowest BCUT2D eigenvalue weighted by Crippen LogP contribution is -1.81. The number of aromatic nitrogens is 2. The molecule has 1 rings (SSSR count). The minimum atomic E-state index is -4.64. The molecule has 64 valence electrons. The van der Waals surface area contributed by atoms with E-state index in [0.717, 1.165) is 0 Å². The molecule has 0 spiro atoms. The fourth-order valence-electron chi connectivity index (χ4n) is 0.267. The number of aromatic amines is 1. The number of nitrogens with zero attached hydrogens (tertiary/aromatic N) is 1. The molecular formula is C3H8N3O4P. The third-order valence-electron chi connectivity index (χ3n) is 0.522. The SMILES string of the molecule is Nc1ccn[nH]1.O=P(O)(O)O. The molecule has 8 heteroatoms. The largest absolute Gasteiger partial charge is 0.466 e. The monoisotopic (exact) mass is 181 g/mol. The molecule has 0 aromatic carbocycles. The van der Waals surface area contributed by atoms with Crippen LogP contribution in [0.4, 0.5) is 5.82 Å². The van der Waals surface area contributed by atoms with Gasteiger partial charge in [-0.1, -0.05) is 0 Å². The van der Waals surface area contributed by atoms with Gasteiger partial charge in [0.2, 0.25) is 0 Å². The quantitative estimate of drug-likeness (QED) is 0.328. The van der Waals surface area contributed by atoms with Crippen molar-refractivity contribution < 1.29 is 19.2 Å². The van der Waals surface area contributed by atoms with Crippen LogP contribution in [-0.2, 0) is 4.57 Å². The van der Waals surface area contributed by atoms with Gasteiger partial charge in [-0.15, -0.1) is 0 Å². The van der Waals surface area contributed by atoms with Crippen molar-refractivity contribution in [2.24, 2.45) is 0 Å². The lowest BCUT2D eigenvalue weighted by Gasteiger charge is -1.82. The van der Waals surface area contributed by atoms with Crippen molar-refractivity contribution in [3.8, 4) is 0 Å². The highest BCUT2D eigenvalue weighted by Gasteiger charge is 2.00. The Morgan fingerprint density at radius 1 is 1.55 bits per heavy atom. The molecule has 0 unspecified atom stereocenters. The van der Waals surface area contributed by atoms with Gasteiger partial charge in [-0.3, -0.25) is 5.10 Å². The van der Waals surface area contributed by atoms with Crippen molar-refractivity contribution in [1.29, 1.82) is 0 Å². The van der Waals surface area contributed by atoms with Crippen molar-refractivity contribution in [2.45, 2.75) is 0 Å². The average Bonchev–Trinajstić information content (AvgIpc) is 2.12. The number of hydrogen-bond acceptors (Lipinski definition) is 3. The summed E-state index contributed by atoms with van der Waals surface area (Å²) >= 11 is 0. The Balaban J connectivity index is 0.000000187. The normalized spacial score (nSPS) is 10.1. The van der Waals surface area contributed by atoms with E-state index in [1.54, 1.807) is 12.3 Å². The van der Waals surface area contributed by atoms with E-state index in [9.17, 15) is 0 Å². The number of H-pyrrole nitrogens is 1. The fourth-order valence-corrected chi connectivity index (χ4v) is 0.267. The number of nitrogens with two attached hydrogens (primary N) is 1. The highest BCUT2D eigenvalue weighted by molar-refractivity contribution is 7.45. The Morgan fingerprint density at radius 2 is 2.00 bits per heavy atom. The van der Waals surface area contributed by atoms with Gasteiger partial charge < -0.3 is 20.4 Å². The number of nitrogens with one attached hydrogen (secondary N) is 1. The predicted octanol–water partition coefficient (Wildman–Crippen LogP) is -0.937. The van der Waals surface area contributed by atoms with Gasteiger partial charge in [0, 0.05) is 0 Å². The van der Waals surface area contributed by atoms with Gasteiger partial charge in [0.1, 0.15) is 5.82 Å². The van der Waals surface area contributed by atoms with Crippen LogP contribution in [0, 0.1) is 0 Å². The third-order valence-corrected chi connectivity index (χ3v) is 0.522. The second-order valence-electron chi connectivity index (χ2n) is 1.53. The number of rotatable bonds is 0. The summed E-state index contributed by atoms with van der Waals surface area (Å²) in [6, 6.07) is 1.69. The first-order chi connectivity index (χ1) is 4.89. The number of anilines is 1. The summed E-state index contributed by atoms with van der Waals surface area (Å²) in [7, 11) is -4.64. The second kappa shape index (κ2) is 4.09. The first kappa shape index (κ1) is 10.1. The van der Waals surface area contributed by atoms with Gasteiger partial charge in [-0.2, -0.15) is 5.10 Å². The van der Waals surface area contributed by atoms with Crippen LogP contribution in [0.15, 0.2) is 12.3 Å². The lowest BCUT2D eigenvalue weighted by atomic mass is 10.7. The summed E-state index contributed by atoms with van der Waals surface area (Å²) < 4.78 is 8.88. The lowest BCUT2D eigenvalue weighted by molar-refractivity contribution is 0.275. The molecule has 1 aromatic heterocycles. The first-order valence-electron chi connectivity index (χ1n) is 2.43. The fraction of sp³-hybridized carbons (Fsp3) is 0. The standard InChI is InChI=1S/C3H5N3.H3O4P/c4-3-1-2-5-6-3;1-5(2,3)4/h1-2H,(H3,4,5,6);(H3,1,2,3,4). The molecule has 1 heterocycles. The van der Waals surface area contributed by atoms with E-state index in [-0.39, 0.29) is 0 Å². The van der Waals surface area contributed by atoms with E-state index < -0.39 is 7.82 Å². The maximum atomic E-state index is 8.88. The summed E-state index contributed by atoms with van der Waals surface area (Å²) in [5.41, 5.74) is 5.16. The molecule has 1 aromatic rings. The first-order valence-corrected chi connectivity index (χ1v) is 3.99. The smallest absolute Gasteiger partial charge is 0.384 e. The van der Waals surface area contributed by atoms with Gasteiger partial charge in [0.25, 0.3) is 0 Å². The van der Waals surface area contributed by atoms with Crippen LogP contribution < -0.4 is 5.73 Å². The highest BCUT2D eigenvalue weighted by Crippen LogP contribution is 2.25. The van der Waals surface area contributed by atoms with Crippen LogP contribution in [0.25, 0.3) is 0 Å². The van der Waals surface area contributed by atoms with Crippen molar-refractivity contribution in [3.05, 3.63) is 12.3 Å². The summed E-state index contributed by atoms with van der Waals surface area (Å²) in [4.78, 5) is 21.6. The second-order valence-corrected chi connectivity index (χ2v) is 2.55. The zero-order valence-electron chi connectivity index (χ0n) is 5.38. The minimum absolute atomic E-state index is 0.606. The molecule has 0 bridgehead atoms.